The van der Waals surface area contributed by atoms with Crippen molar-refractivity contribution >= 4 is 43.5 Å². The monoisotopic (exact) mass is 462 g/mol. The Hall–Kier alpha value is -2.91. The lowest BCUT2D eigenvalue weighted by atomic mass is 10.1. The molecule has 0 aliphatic carbocycles. The lowest BCUT2D eigenvalue weighted by molar-refractivity contribution is 0.0976. The third-order valence-electron chi connectivity index (χ3n) is 3.85. The van der Waals surface area contributed by atoms with Crippen LogP contribution in [0.5, 0.6) is 0 Å². The summed E-state index contributed by atoms with van der Waals surface area (Å²) in [5.41, 5.74) is 1.15. The molecule has 0 fully saturated rings. The van der Waals surface area contributed by atoms with Crippen LogP contribution in [0.15, 0.2) is 74.6 Å². The molecule has 0 saturated heterocycles. The van der Waals surface area contributed by atoms with Crippen LogP contribution in [0, 0.1) is 6.92 Å². The molecule has 3 rings (SSSR count). The van der Waals surface area contributed by atoms with Crippen molar-refractivity contribution < 1.29 is 22.4 Å². The summed E-state index contributed by atoms with van der Waals surface area (Å²) >= 11 is 3.16. The van der Waals surface area contributed by atoms with Crippen molar-refractivity contribution in [3.63, 3.8) is 0 Å². The van der Waals surface area contributed by atoms with Crippen LogP contribution in [0.4, 0.5) is 5.69 Å². The van der Waals surface area contributed by atoms with Crippen molar-refractivity contribution in [2.24, 2.45) is 0 Å². The second-order valence-electron chi connectivity index (χ2n) is 5.83. The molecule has 0 saturated carbocycles. The maximum absolute atomic E-state index is 12.5. The molecule has 0 atom stereocenters. The van der Waals surface area contributed by atoms with Gasteiger partial charge in [0, 0.05) is 15.7 Å². The molecular formula is C19H15BrN2O5S. The summed E-state index contributed by atoms with van der Waals surface area (Å²) in [7, 11) is -4.07. The summed E-state index contributed by atoms with van der Waals surface area (Å²) in [5, 5.41) is 2.64. The lowest BCUT2D eigenvalue weighted by Gasteiger charge is -2.11. The Morgan fingerprint density at radius 2 is 1.75 bits per heavy atom. The predicted molar refractivity (Wildman–Crippen MR) is 107 cm³/mol. The summed E-state index contributed by atoms with van der Waals surface area (Å²) < 4.78 is 32.4. The number of anilines is 1. The van der Waals surface area contributed by atoms with Crippen LogP contribution >= 0.6 is 15.9 Å². The molecule has 0 aliphatic heterocycles. The average molecular weight is 463 g/mol. The standard InChI is InChI=1S/C19H15BrN2O5S/c1-12-8-9-13(11-15(12)21-19(24)16-6-4-10-27-16)18(23)22-28(25,26)17-7-3-2-5-14(17)20/h2-11H,1H3,(H,21,24)(H,22,23). The van der Waals surface area contributed by atoms with E-state index in [9.17, 15) is 18.0 Å². The molecule has 1 aromatic heterocycles. The molecule has 0 aliphatic rings. The van der Waals surface area contributed by atoms with Gasteiger partial charge < -0.3 is 9.73 Å². The van der Waals surface area contributed by atoms with Gasteiger partial charge in [0.1, 0.15) is 4.90 Å². The van der Waals surface area contributed by atoms with Gasteiger partial charge in [-0.15, -0.1) is 0 Å². The summed E-state index contributed by atoms with van der Waals surface area (Å²) in [6.07, 6.45) is 1.37. The fourth-order valence-corrected chi connectivity index (χ4v) is 4.37. The number of carbonyl (C=O) groups is 2. The Kier molecular flexibility index (Phi) is 5.66. The van der Waals surface area contributed by atoms with Gasteiger partial charge in [-0.1, -0.05) is 18.2 Å². The van der Waals surface area contributed by atoms with E-state index in [4.69, 9.17) is 4.42 Å². The first-order chi connectivity index (χ1) is 13.3. The highest BCUT2D eigenvalue weighted by Gasteiger charge is 2.21. The number of rotatable bonds is 5. The Labute approximate surface area is 169 Å². The number of hydrogen-bond acceptors (Lipinski definition) is 5. The molecule has 0 spiro atoms. The van der Waals surface area contributed by atoms with Crippen molar-refractivity contribution in [3.05, 3.63) is 82.2 Å². The quantitative estimate of drug-likeness (QED) is 0.600. The van der Waals surface area contributed by atoms with Gasteiger partial charge in [0.25, 0.3) is 21.8 Å². The number of aryl methyl sites for hydroxylation is 1. The van der Waals surface area contributed by atoms with Crippen molar-refractivity contribution in [3.8, 4) is 0 Å². The topological polar surface area (TPSA) is 105 Å². The number of amides is 2. The number of sulfonamides is 1. The fourth-order valence-electron chi connectivity index (χ4n) is 2.39. The zero-order valence-corrected chi connectivity index (χ0v) is 17.0. The van der Waals surface area contributed by atoms with Crippen LogP contribution in [0.2, 0.25) is 0 Å². The van der Waals surface area contributed by atoms with Gasteiger partial charge in [-0.2, -0.15) is 0 Å². The van der Waals surface area contributed by atoms with E-state index >= 15 is 0 Å². The van der Waals surface area contributed by atoms with Gasteiger partial charge >= 0.3 is 0 Å². The normalized spacial score (nSPS) is 11.1. The first-order valence-corrected chi connectivity index (χ1v) is 10.3. The predicted octanol–water partition coefficient (Wildman–Crippen LogP) is 3.72. The van der Waals surface area contributed by atoms with Crippen LogP contribution in [-0.4, -0.2) is 20.2 Å². The number of halogens is 1. The van der Waals surface area contributed by atoms with Gasteiger partial charge in [0.15, 0.2) is 5.76 Å². The molecule has 2 N–H and O–H groups in total. The summed E-state index contributed by atoms with van der Waals surface area (Å²) in [6, 6.07) is 13.7. The maximum Gasteiger partial charge on any atom is 0.291 e. The highest BCUT2D eigenvalue weighted by molar-refractivity contribution is 9.10. The van der Waals surface area contributed by atoms with E-state index in [0.717, 1.165) is 0 Å². The van der Waals surface area contributed by atoms with Crippen LogP contribution in [0.25, 0.3) is 0 Å². The second-order valence-corrected chi connectivity index (χ2v) is 8.33. The molecular weight excluding hydrogens is 448 g/mol. The molecule has 0 bridgehead atoms. The number of carbonyl (C=O) groups excluding carboxylic acids is 2. The van der Waals surface area contributed by atoms with Crippen molar-refractivity contribution in [1.82, 2.24) is 4.72 Å². The SMILES string of the molecule is Cc1ccc(C(=O)NS(=O)(=O)c2ccccc2Br)cc1NC(=O)c1ccco1. The fraction of sp³-hybridized carbons (Fsp3) is 0.0526. The summed E-state index contributed by atoms with van der Waals surface area (Å²) in [4.78, 5) is 24.6. The van der Waals surface area contributed by atoms with Crippen molar-refractivity contribution in [2.45, 2.75) is 11.8 Å². The first kappa shape index (κ1) is 19.8. The Bertz CT molecular complexity index is 1140. The Morgan fingerprint density at radius 1 is 1.00 bits per heavy atom. The van der Waals surface area contributed by atoms with Gasteiger partial charge in [-0.25, -0.2) is 13.1 Å². The molecule has 3 aromatic rings. The van der Waals surface area contributed by atoms with E-state index in [2.05, 4.69) is 21.2 Å². The minimum Gasteiger partial charge on any atom is -0.459 e. The van der Waals surface area contributed by atoms with Crippen molar-refractivity contribution in [2.75, 3.05) is 5.32 Å². The van der Waals surface area contributed by atoms with E-state index in [-0.39, 0.29) is 16.2 Å². The molecule has 2 aromatic carbocycles. The zero-order chi connectivity index (χ0) is 20.3. The number of hydrogen-bond donors (Lipinski definition) is 2. The van der Waals surface area contributed by atoms with E-state index < -0.39 is 21.8 Å². The third kappa shape index (κ3) is 4.32. The molecule has 1 heterocycles. The minimum atomic E-state index is -4.07. The van der Waals surface area contributed by atoms with Crippen molar-refractivity contribution in [1.29, 1.82) is 0 Å². The summed E-state index contributed by atoms with van der Waals surface area (Å²) in [5.74, 6) is -1.18. The van der Waals surface area contributed by atoms with E-state index in [1.165, 1.54) is 30.5 Å². The number of benzene rings is 2. The third-order valence-corrected chi connectivity index (χ3v) is 6.19. The van der Waals surface area contributed by atoms with Crippen LogP contribution in [-0.2, 0) is 10.0 Å². The smallest absolute Gasteiger partial charge is 0.291 e. The van der Waals surface area contributed by atoms with Gasteiger partial charge in [-0.3, -0.25) is 9.59 Å². The number of furan rings is 1. The molecule has 2 amide bonds. The summed E-state index contributed by atoms with van der Waals surface area (Å²) in [6.45, 7) is 1.75. The largest absolute Gasteiger partial charge is 0.459 e. The Balaban J connectivity index is 1.83. The van der Waals surface area contributed by atoms with E-state index in [1.807, 2.05) is 4.72 Å². The average Bonchev–Trinajstić information content (AvgIpc) is 3.18. The number of nitrogens with one attached hydrogen (secondary N) is 2. The first-order valence-electron chi connectivity index (χ1n) is 8.05. The molecule has 0 radical (unpaired) electrons. The molecule has 144 valence electrons. The van der Waals surface area contributed by atoms with Gasteiger partial charge in [-0.05, 0) is 64.8 Å². The Morgan fingerprint density at radius 3 is 2.43 bits per heavy atom. The highest BCUT2D eigenvalue weighted by Crippen LogP contribution is 2.22. The zero-order valence-electron chi connectivity index (χ0n) is 14.6. The van der Waals surface area contributed by atoms with Gasteiger partial charge in [0.2, 0.25) is 0 Å². The molecule has 7 nitrogen and oxygen atoms in total. The van der Waals surface area contributed by atoms with Gasteiger partial charge in [0.05, 0.1) is 6.26 Å². The van der Waals surface area contributed by atoms with E-state index in [0.29, 0.717) is 15.7 Å². The molecule has 0 unspecified atom stereocenters. The molecule has 9 heteroatoms. The lowest BCUT2D eigenvalue weighted by Crippen LogP contribution is -2.31. The van der Waals surface area contributed by atoms with E-state index in [1.54, 1.807) is 37.3 Å². The molecule has 28 heavy (non-hydrogen) atoms. The van der Waals surface area contributed by atoms with Crippen LogP contribution in [0.3, 0.4) is 0 Å². The highest BCUT2D eigenvalue weighted by atomic mass is 79.9. The maximum atomic E-state index is 12.5. The van der Waals surface area contributed by atoms with Crippen LogP contribution in [0.1, 0.15) is 26.5 Å². The second kappa shape index (κ2) is 7.99. The van der Waals surface area contributed by atoms with Crippen LogP contribution < -0.4 is 10.0 Å². The minimum absolute atomic E-state index is 0.0539.